The smallest absolute Gasteiger partial charge is 0.0737 e. The van der Waals surface area contributed by atoms with E-state index in [1.54, 1.807) is 0 Å². The summed E-state index contributed by atoms with van der Waals surface area (Å²) in [5.41, 5.74) is 5.06. The van der Waals surface area contributed by atoms with E-state index in [9.17, 15) is 0 Å². The van der Waals surface area contributed by atoms with Crippen molar-refractivity contribution in [2.24, 2.45) is 5.73 Å². The van der Waals surface area contributed by atoms with Gasteiger partial charge in [0.2, 0.25) is 0 Å². The van der Waals surface area contributed by atoms with Gasteiger partial charge in [-0.25, -0.2) is 0 Å². The summed E-state index contributed by atoms with van der Waals surface area (Å²) in [5.74, 6) is 0. The first-order valence-corrected chi connectivity index (χ1v) is 2.33. The zero-order valence-electron chi connectivity index (χ0n) is 3.85. The van der Waals surface area contributed by atoms with E-state index < -0.39 is 0 Å². The number of thiocarbonyl (C=S) groups is 1. The van der Waals surface area contributed by atoms with Gasteiger partial charge in [0.1, 0.15) is 0 Å². The molecule has 0 aliphatic carbocycles. The molecule has 0 aromatic heterocycles. The second-order valence-corrected chi connectivity index (χ2v) is 1.65. The summed E-state index contributed by atoms with van der Waals surface area (Å²) < 4.78 is 0. The lowest BCUT2D eigenvalue weighted by Crippen LogP contribution is -2.05. The molecule has 3 heteroatoms. The molecule has 0 spiro atoms. The molecule has 0 aromatic carbocycles. The van der Waals surface area contributed by atoms with E-state index in [-0.39, 0.29) is 0 Å². The van der Waals surface area contributed by atoms with Crippen LogP contribution in [0.3, 0.4) is 0 Å². The SMILES string of the molecule is N#CCCC(N)=S. The van der Waals surface area contributed by atoms with Crippen LogP contribution in [-0.2, 0) is 0 Å². The molecule has 0 bridgehead atoms. The Morgan fingerprint density at radius 3 is 2.57 bits per heavy atom. The second kappa shape index (κ2) is 3.57. The van der Waals surface area contributed by atoms with E-state index in [1.165, 1.54) is 0 Å². The predicted molar refractivity (Wildman–Crippen MR) is 31.6 cm³/mol. The van der Waals surface area contributed by atoms with Crippen molar-refractivity contribution in [1.82, 2.24) is 0 Å². The largest absolute Gasteiger partial charge is 0.393 e. The third-order valence-corrected chi connectivity index (χ3v) is 0.687. The van der Waals surface area contributed by atoms with Crippen LogP contribution in [0.5, 0.6) is 0 Å². The minimum Gasteiger partial charge on any atom is -0.393 e. The van der Waals surface area contributed by atoms with Gasteiger partial charge in [0.05, 0.1) is 11.1 Å². The lowest BCUT2D eigenvalue weighted by atomic mass is 10.3. The average Bonchev–Trinajstić information content (AvgIpc) is 1.61. The van der Waals surface area contributed by atoms with Gasteiger partial charge < -0.3 is 5.73 Å². The van der Waals surface area contributed by atoms with Crippen LogP contribution < -0.4 is 5.73 Å². The summed E-state index contributed by atoms with van der Waals surface area (Å²) in [6.07, 6.45) is 0.987. The fourth-order valence-corrected chi connectivity index (χ4v) is 0.281. The molecule has 2 N–H and O–H groups in total. The normalized spacial score (nSPS) is 7.29. The van der Waals surface area contributed by atoms with Gasteiger partial charge in [-0.2, -0.15) is 5.26 Å². The average molecular weight is 114 g/mol. The van der Waals surface area contributed by atoms with Crippen molar-refractivity contribution in [1.29, 1.82) is 5.26 Å². The number of hydrogen-bond acceptors (Lipinski definition) is 2. The first kappa shape index (κ1) is 6.38. The standard InChI is InChI=1S/C4H6N2S/c5-3-1-2-4(6)7/h1-2H2,(H2,6,7). The van der Waals surface area contributed by atoms with Crippen LogP contribution in [0.25, 0.3) is 0 Å². The van der Waals surface area contributed by atoms with Crippen molar-refractivity contribution in [3.63, 3.8) is 0 Å². The number of nitriles is 1. The third kappa shape index (κ3) is 5.38. The van der Waals surface area contributed by atoms with E-state index in [0.29, 0.717) is 17.8 Å². The molecule has 0 atom stereocenters. The number of nitrogens with two attached hydrogens (primary N) is 1. The van der Waals surface area contributed by atoms with Gasteiger partial charge in [-0.3, -0.25) is 0 Å². The van der Waals surface area contributed by atoms with Crippen molar-refractivity contribution in [2.45, 2.75) is 12.8 Å². The van der Waals surface area contributed by atoms with Crippen LogP contribution in [-0.4, -0.2) is 4.99 Å². The van der Waals surface area contributed by atoms with Crippen molar-refractivity contribution >= 4 is 17.2 Å². The van der Waals surface area contributed by atoms with Crippen molar-refractivity contribution in [3.8, 4) is 6.07 Å². The topological polar surface area (TPSA) is 49.8 Å². The molecular weight excluding hydrogens is 108 g/mol. The summed E-state index contributed by atoms with van der Waals surface area (Å²) in [6.45, 7) is 0. The molecular formula is C4H6N2S. The summed E-state index contributed by atoms with van der Waals surface area (Å²) in [5, 5.41) is 7.95. The van der Waals surface area contributed by atoms with Gasteiger partial charge in [0.15, 0.2) is 0 Å². The fourth-order valence-electron chi connectivity index (χ4n) is 0.179. The van der Waals surface area contributed by atoms with Gasteiger partial charge in [0, 0.05) is 12.8 Å². The maximum absolute atomic E-state index is 7.95. The summed E-state index contributed by atoms with van der Waals surface area (Å²) in [7, 11) is 0. The minimum absolute atomic E-state index is 0.418. The van der Waals surface area contributed by atoms with E-state index in [4.69, 9.17) is 11.0 Å². The summed E-state index contributed by atoms with van der Waals surface area (Å²) >= 11 is 4.49. The molecule has 0 amide bonds. The lowest BCUT2D eigenvalue weighted by molar-refractivity contribution is 1.11. The first-order valence-electron chi connectivity index (χ1n) is 1.92. The third-order valence-electron chi connectivity index (χ3n) is 0.483. The number of hydrogen-bond donors (Lipinski definition) is 1. The Hall–Kier alpha value is -0.620. The lowest BCUT2D eigenvalue weighted by Gasteiger charge is -1.84. The molecule has 0 heterocycles. The first-order chi connectivity index (χ1) is 3.27. The Morgan fingerprint density at radius 2 is 2.43 bits per heavy atom. The van der Waals surface area contributed by atoms with Crippen molar-refractivity contribution in [2.75, 3.05) is 0 Å². The number of nitrogens with zero attached hydrogens (tertiary/aromatic N) is 1. The van der Waals surface area contributed by atoms with Crippen LogP contribution in [0.15, 0.2) is 0 Å². The van der Waals surface area contributed by atoms with Crippen LogP contribution in [0.2, 0.25) is 0 Å². The highest BCUT2D eigenvalue weighted by molar-refractivity contribution is 7.80. The summed E-state index contributed by atoms with van der Waals surface area (Å²) in [6, 6.07) is 1.93. The molecule has 7 heavy (non-hydrogen) atoms. The maximum Gasteiger partial charge on any atom is 0.0737 e. The fraction of sp³-hybridized carbons (Fsp3) is 0.500. The molecule has 2 nitrogen and oxygen atoms in total. The molecule has 0 saturated carbocycles. The maximum atomic E-state index is 7.95. The van der Waals surface area contributed by atoms with E-state index in [1.807, 2.05) is 6.07 Å². The second-order valence-electron chi connectivity index (χ2n) is 1.12. The Kier molecular flexibility index (Phi) is 3.25. The van der Waals surface area contributed by atoms with Gasteiger partial charge in [-0.1, -0.05) is 12.2 Å². The molecule has 0 aromatic rings. The van der Waals surface area contributed by atoms with Crippen LogP contribution >= 0.6 is 12.2 Å². The zero-order valence-corrected chi connectivity index (χ0v) is 4.66. The Balaban J connectivity index is 3.02. The highest BCUT2D eigenvalue weighted by Gasteiger charge is 1.83. The molecule has 0 aliphatic rings. The zero-order chi connectivity index (χ0) is 5.70. The van der Waals surface area contributed by atoms with Gasteiger partial charge >= 0.3 is 0 Å². The highest BCUT2D eigenvalue weighted by atomic mass is 32.1. The van der Waals surface area contributed by atoms with E-state index in [0.717, 1.165) is 0 Å². The van der Waals surface area contributed by atoms with Crippen LogP contribution in [0.1, 0.15) is 12.8 Å². The minimum atomic E-state index is 0.418. The van der Waals surface area contributed by atoms with Crippen molar-refractivity contribution < 1.29 is 0 Å². The molecule has 38 valence electrons. The molecule has 0 aliphatic heterocycles. The molecule has 0 fully saturated rings. The molecule has 0 radical (unpaired) electrons. The Morgan fingerprint density at radius 1 is 1.86 bits per heavy atom. The Bertz CT molecular complexity index is 103. The molecule has 0 rings (SSSR count). The predicted octanol–water partition coefficient (Wildman–Crippen LogP) is 0.576. The summed E-state index contributed by atoms with van der Waals surface area (Å²) in [4.78, 5) is 0.418. The monoisotopic (exact) mass is 114 g/mol. The van der Waals surface area contributed by atoms with Crippen LogP contribution in [0, 0.1) is 11.3 Å². The van der Waals surface area contributed by atoms with Gasteiger partial charge in [-0.15, -0.1) is 0 Å². The van der Waals surface area contributed by atoms with E-state index >= 15 is 0 Å². The molecule has 0 unspecified atom stereocenters. The van der Waals surface area contributed by atoms with Crippen molar-refractivity contribution in [3.05, 3.63) is 0 Å². The number of rotatable bonds is 2. The van der Waals surface area contributed by atoms with Gasteiger partial charge in [0.25, 0.3) is 0 Å². The quantitative estimate of drug-likeness (QED) is 0.534. The molecule has 0 saturated heterocycles. The Labute approximate surface area is 47.9 Å². The van der Waals surface area contributed by atoms with Gasteiger partial charge in [-0.05, 0) is 0 Å². The van der Waals surface area contributed by atoms with E-state index in [2.05, 4.69) is 12.2 Å². The highest BCUT2D eigenvalue weighted by Crippen LogP contribution is 1.83. The van der Waals surface area contributed by atoms with Crippen LogP contribution in [0.4, 0.5) is 0 Å².